The van der Waals surface area contributed by atoms with Gasteiger partial charge in [0.15, 0.2) is 0 Å². The molecule has 0 spiro atoms. The molecular weight excluding hydrogens is 353 g/mol. The maximum absolute atomic E-state index is 12.8. The monoisotopic (exact) mass is 373 g/mol. The van der Waals surface area contributed by atoms with Gasteiger partial charge in [0.25, 0.3) is 5.91 Å². The van der Waals surface area contributed by atoms with Crippen molar-refractivity contribution in [2.45, 2.75) is 19.5 Å². The fourth-order valence-electron chi connectivity index (χ4n) is 1.94. The van der Waals surface area contributed by atoms with E-state index in [4.69, 9.17) is 9.05 Å². The molecule has 1 aromatic rings. The number of ether oxygens (including phenoxy) is 1. The number of ketones is 1. The zero-order valence-electron chi connectivity index (χ0n) is 14.1. The SMILES string of the molecule is CCOP(=O)(OCC)[C@@H](C(=O)OC)C(=O)C(=O)Nc1cccc(O)c1. The number of carbonyl (C=O) groups is 3. The van der Waals surface area contributed by atoms with Crippen molar-refractivity contribution >= 4 is 30.9 Å². The molecule has 1 amide bonds. The predicted molar refractivity (Wildman–Crippen MR) is 88.4 cm³/mol. The molecule has 0 unspecified atom stereocenters. The molecule has 0 aromatic heterocycles. The number of benzene rings is 1. The first-order valence-corrected chi connectivity index (χ1v) is 9.01. The molecule has 0 heterocycles. The van der Waals surface area contributed by atoms with Gasteiger partial charge in [-0.1, -0.05) is 6.07 Å². The lowest BCUT2D eigenvalue weighted by Crippen LogP contribution is -2.40. The zero-order chi connectivity index (χ0) is 19.0. The number of nitrogens with one attached hydrogen (secondary N) is 1. The Bertz CT molecular complexity index is 680. The van der Waals surface area contributed by atoms with Crippen LogP contribution in [0.15, 0.2) is 24.3 Å². The number of carbonyl (C=O) groups excluding carboxylic acids is 3. The van der Waals surface area contributed by atoms with Crippen molar-refractivity contribution < 1.29 is 37.8 Å². The van der Waals surface area contributed by atoms with Crippen LogP contribution < -0.4 is 5.32 Å². The maximum atomic E-state index is 12.8. The quantitative estimate of drug-likeness (QED) is 0.290. The first kappa shape index (κ1) is 20.8. The molecule has 1 atom stereocenters. The summed E-state index contributed by atoms with van der Waals surface area (Å²) in [6.45, 7) is 2.78. The fraction of sp³-hybridized carbons (Fsp3) is 0.400. The number of phenolic OH excluding ortho intramolecular Hbond substituents is 1. The van der Waals surface area contributed by atoms with Crippen LogP contribution in [0.3, 0.4) is 0 Å². The van der Waals surface area contributed by atoms with Crippen LogP contribution in [0, 0.1) is 0 Å². The molecule has 0 aliphatic heterocycles. The molecule has 25 heavy (non-hydrogen) atoms. The number of esters is 1. The van der Waals surface area contributed by atoms with Crippen LogP contribution in [0.2, 0.25) is 0 Å². The number of amides is 1. The van der Waals surface area contributed by atoms with E-state index in [0.29, 0.717) is 0 Å². The van der Waals surface area contributed by atoms with Crippen LogP contribution in [0.1, 0.15) is 13.8 Å². The van der Waals surface area contributed by atoms with Crippen molar-refractivity contribution in [1.82, 2.24) is 0 Å². The van der Waals surface area contributed by atoms with Crippen LogP contribution in [0.25, 0.3) is 0 Å². The van der Waals surface area contributed by atoms with E-state index < -0.39 is 30.9 Å². The maximum Gasteiger partial charge on any atom is 0.353 e. The highest BCUT2D eigenvalue weighted by Crippen LogP contribution is 2.53. The Balaban J connectivity index is 3.13. The number of hydrogen-bond acceptors (Lipinski definition) is 8. The van der Waals surface area contributed by atoms with Crippen molar-refractivity contribution in [2.24, 2.45) is 0 Å². The van der Waals surface area contributed by atoms with E-state index in [-0.39, 0.29) is 24.7 Å². The van der Waals surface area contributed by atoms with Gasteiger partial charge < -0.3 is 24.2 Å². The van der Waals surface area contributed by atoms with E-state index in [0.717, 1.165) is 7.11 Å². The summed E-state index contributed by atoms with van der Waals surface area (Å²) < 4.78 is 27.2. The number of rotatable bonds is 9. The van der Waals surface area contributed by atoms with Gasteiger partial charge in [0.1, 0.15) is 5.75 Å². The Kier molecular flexibility index (Phi) is 7.76. The first-order chi connectivity index (χ1) is 11.8. The first-order valence-electron chi connectivity index (χ1n) is 7.39. The number of methoxy groups -OCH3 is 1. The van der Waals surface area contributed by atoms with Crippen molar-refractivity contribution in [3.63, 3.8) is 0 Å². The van der Waals surface area contributed by atoms with E-state index in [9.17, 15) is 24.1 Å². The zero-order valence-corrected chi connectivity index (χ0v) is 14.9. The van der Waals surface area contributed by atoms with Gasteiger partial charge in [0, 0.05) is 11.8 Å². The Morgan fingerprint density at radius 3 is 2.28 bits per heavy atom. The predicted octanol–water partition coefficient (Wildman–Crippen LogP) is 1.71. The molecule has 9 nitrogen and oxygen atoms in total. The van der Waals surface area contributed by atoms with E-state index >= 15 is 0 Å². The second-order valence-electron chi connectivity index (χ2n) is 4.67. The lowest BCUT2D eigenvalue weighted by Gasteiger charge is -2.23. The van der Waals surface area contributed by atoms with Crippen LogP contribution in [0.4, 0.5) is 5.69 Å². The standard InChI is InChI=1S/C15H20NO8P/c1-4-23-25(21,24-5-2)13(15(20)22-3)12(18)14(19)16-10-7-6-8-11(17)9-10/h6-9,13,17H,4-5H2,1-3H3,(H,16,19)/t13-/m1/s1. The van der Waals surface area contributed by atoms with Gasteiger partial charge >= 0.3 is 13.6 Å². The highest BCUT2D eigenvalue weighted by atomic mass is 31.2. The summed E-state index contributed by atoms with van der Waals surface area (Å²) in [6, 6.07) is 5.43. The number of anilines is 1. The van der Waals surface area contributed by atoms with Gasteiger partial charge in [0.05, 0.1) is 20.3 Å². The Hall–Kier alpha value is -2.22. The Morgan fingerprint density at radius 1 is 1.20 bits per heavy atom. The molecule has 2 N–H and O–H groups in total. The number of phenols is 1. The molecule has 0 aliphatic carbocycles. The van der Waals surface area contributed by atoms with Gasteiger partial charge in [-0.2, -0.15) is 0 Å². The van der Waals surface area contributed by atoms with E-state index in [2.05, 4.69) is 10.1 Å². The highest BCUT2D eigenvalue weighted by Gasteiger charge is 2.49. The summed E-state index contributed by atoms with van der Waals surface area (Å²) >= 11 is 0. The topological polar surface area (TPSA) is 128 Å². The van der Waals surface area contributed by atoms with Crippen LogP contribution in [0.5, 0.6) is 5.75 Å². The Morgan fingerprint density at radius 2 is 1.80 bits per heavy atom. The minimum atomic E-state index is -4.26. The van der Waals surface area contributed by atoms with Gasteiger partial charge in [0.2, 0.25) is 11.4 Å². The van der Waals surface area contributed by atoms with E-state index in [1.807, 2.05) is 0 Å². The largest absolute Gasteiger partial charge is 0.508 e. The molecule has 0 bridgehead atoms. The molecule has 0 fully saturated rings. The molecule has 0 saturated carbocycles. The van der Waals surface area contributed by atoms with E-state index in [1.54, 1.807) is 0 Å². The summed E-state index contributed by atoms with van der Waals surface area (Å²) in [4.78, 5) is 36.5. The minimum absolute atomic E-state index is 0.105. The van der Waals surface area contributed by atoms with Crippen LogP contribution in [-0.2, 0) is 32.7 Å². The molecule has 138 valence electrons. The smallest absolute Gasteiger partial charge is 0.353 e. The lowest BCUT2D eigenvalue weighted by molar-refractivity contribution is -0.146. The molecule has 10 heteroatoms. The molecule has 1 rings (SSSR count). The molecule has 0 radical (unpaired) electrons. The lowest BCUT2D eigenvalue weighted by atomic mass is 10.2. The van der Waals surface area contributed by atoms with Gasteiger partial charge in [-0.25, -0.2) is 0 Å². The third-order valence-electron chi connectivity index (χ3n) is 2.93. The van der Waals surface area contributed by atoms with Gasteiger partial charge in [-0.05, 0) is 26.0 Å². The van der Waals surface area contributed by atoms with Crippen LogP contribution >= 0.6 is 7.60 Å². The summed E-state index contributed by atoms with van der Waals surface area (Å²) in [6.07, 6.45) is 0. The summed E-state index contributed by atoms with van der Waals surface area (Å²) in [5.74, 6) is -3.90. The third-order valence-corrected chi connectivity index (χ3v) is 5.25. The van der Waals surface area contributed by atoms with Crippen LogP contribution in [-0.4, -0.2) is 48.7 Å². The number of aromatic hydroxyl groups is 1. The van der Waals surface area contributed by atoms with Crippen molar-refractivity contribution in [1.29, 1.82) is 0 Å². The average molecular weight is 373 g/mol. The third kappa shape index (κ3) is 5.38. The Labute approximate surface area is 144 Å². The van der Waals surface area contributed by atoms with Crippen molar-refractivity contribution in [3.8, 4) is 5.75 Å². The molecule has 1 aromatic carbocycles. The van der Waals surface area contributed by atoms with Crippen molar-refractivity contribution in [3.05, 3.63) is 24.3 Å². The minimum Gasteiger partial charge on any atom is -0.508 e. The highest BCUT2D eigenvalue weighted by molar-refractivity contribution is 7.57. The number of Topliss-reactive ketones (excluding diaryl/α,β-unsaturated/α-hetero) is 1. The van der Waals surface area contributed by atoms with Gasteiger partial charge in [-0.15, -0.1) is 0 Å². The number of hydrogen-bond donors (Lipinski definition) is 2. The second kappa shape index (κ2) is 9.31. The van der Waals surface area contributed by atoms with E-state index in [1.165, 1.54) is 38.1 Å². The molecule has 0 saturated heterocycles. The summed E-state index contributed by atoms with van der Waals surface area (Å²) in [7, 11) is -3.28. The molecular formula is C15H20NO8P. The fourth-order valence-corrected chi connectivity index (χ4v) is 3.80. The van der Waals surface area contributed by atoms with Gasteiger partial charge in [-0.3, -0.25) is 18.9 Å². The summed E-state index contributed by atoms with van der Waals surface area (Å²) in [5, 5.41) is 11.6. The summed E-state index contributed by atoms with van der Waals surface area (Å²) in [5.41, 5.74) is -1.93. The average Bonchev–Trinajstić information content (AvgIpc) is 2.55. The second-order valence-corrected chi connectivity index (χ2v) is 6.78. The molecule has 0 aliphatic rings. The normalized spacial score (nSPS) is 12.3. The van der Waals surface area contributed by atoms with Crippen molar-refractivity contribution in [2.75, 3.05) is 25.6 Å².